The Kier molecular flexibility index (Phi) is 4.96. The standard InChI is InChI=1S/C16H20N2O2/c1-3-13-9-12(11-17)10-16(18-13)20-15-8-6-5-7-14(15)19-4-2/h5-10H,3-4,11,17H2,1-2H3. The lowest BCUT2D eigenvalue weighted by molar-refractivity contribution is 0.319. The van der Waals surface area contributed by atoms with Crippen LogP contribution in [0.5, 0.6) is 17.4 Å². The molecule has 4 nitrogen and oxygen atoms in total. The van der Waals surface area contributed by atoms with Crippen molar-refractivity contribution >= 4 is 0 Å². The number of nitrogens with zero attached hydrogens (tertiary/aromatic N) is 1. The van der Waals surface area contributed by atoms with Gasteiger partial charge in [0.05, 0.1) is 6.61 Å². The third-order valence-electron chi connectivity index (χ3n) is 2.88. The molecule has 0 fully saturated rings. The number of para-hydroxylation sites is 2. The molecule has 0 bridgehead atoms. The van der Waals surface area contributed by atoms with E-state index in [9.17, 15) is 0 Å². The van der Waals surface area contributed by atoms with E-state index >= 15 is 0 Å². The van der Waals surface area contributed by atoms with Gasteiger partial charge in [0.15, 0.2) is 11.5 Å². The van der Waals surface area contributed by atoms with Gasteiger partial charge in [-0.2, -0.15) is 0 Å². The zero-order valence-corrected chi connectivity index (χ0v) is 11.9. The summed E-state index contributed by atoms with van der Waals surface area (Å²) < 4.78 is 11.4. The Hall–Kier alpha value is -2.07. The van der Waals surface area contributed by atoms with Gasteiger partial charge in [-0.25, -0.2) is 4.98 Å². The molecule has 106 valence electrons. The number of benzene rings is 1. The van der Waals surface area contributed by atoms with Crippen molar-refractivity contribution in [2.45, 2.75) is 26.8 Å². The number of hydrogen-bond donors (Lipinski definition) is 1. The van der Waals surface area contributed by atoms with E-state index in [0.717, 1.165) is 17.7 Å². The molecule has 1 aromatic carbocycles. The molecular formula is C16H20N2O2. The lowest BCUT2D eigenvalue weighted by Crippen LogP contribution is -2.01. The largest absolute Gasteiger partial charge is 0.490 e. The number of ether oxygens (including phenoxy) is 2. The Bertz CT molecular complexity index is 548. The highest BCUT2D eigenvalue weighted by Gasteiger charge is 2.08. The van der Waals surface area contributed by atoms with Crippen molar-refractivity contribution in [3.63, 3.8) is 0 Å². The number of hydrogen-bond acceptors (Lipinski definition) is 4. The van der Waals surface area contributed by atoms with E-state index in [1.54, 1.807) is 0 Å². The number of nitrogens with two attached hydrogens (primary N) is 1. The molecule has 0 saturated carbocycles. The van der Waals surface area contributed by atoms with Crippen LogP contribution in [-0.4, -0.2) is 11.6 Å². The third-order valence-corrected chi connectivity index (χ3v) is 2.88. The van der Waals surface area contributed by atoms with Crippen LogP contribution in [0.1, 0.15) is 25.1 Å². The summed E-state index contributed by atoms with van der Waals surface area (Å²) >= 11 is 0. The van der Waals surface area contributed by atoms with Gasteiger partial charge in [0.2, 0.25) is 5.88 Å². The van der Waals surface area contributed by atoms with Gasteiger partial charge in [0.1, 0.15) is 0 Å². The molecule has 0 amide bonds. The second-order valence-electron chi connectivity index (χ2n) is 4.34. The Labute approximate surface area is 119 Å². The molecule has 0 saturated heterocycles. The molecule has 2 aromatic rings. The fraction of sp³-hybridized carbons (Fsp3) is 0.312. The summed E-state index contributed by atoms with van der Waals surface area (Å²) in [5.74, 6) is 1.93. The minimum Gasteiger partial charge on any atom is -0.490 e. The second-order valence-corrected chi connectivity index (χ2v) is 4.34. The molecule has 0 aliphatic rings. The topological polar surface area (TPSA) is 57.4 Å². The van der Waals surface area contributed by atoms with Crippen molar-refractivity contribution in [3.05, 3.63) is 47.7 Å². The van der Waals surface area contributed by atoms with E-state index in [1.807, 2.05) is 43.3 Å². The quantitative estimate of drug-likeness (QED) is 0.876. The molecule has 0 aliphatic carbocycles. The van der Waals surface area contributed by atoms with Crippen LogP contribution in [0, 0.1) is 0 Å². The zero-order chi connectivity index (χ0) is 14.4. The van der Waals surface area contributed by atoms with Gasteiger partial charge in [-0.05, 0) is 37.1 Å². The third kappa shape index (κ3) is 3.48. The highest BCUT2D eigenvalue weighted by Crippen LogP contribution is 2.30. The molecule has 2 N–H and O–H groups in total. The SMILES string of the molecule is CCOc1ccccc1Oc1cc(CN)cc(CC)n1. The first kappa shape index (κ1) is 14.3. The van der Waals surface area contributed by atoms with Gasteiger partial charge in [0, 0.05) is 18.3 Å². The van der Waals surface area contributed by atoms with Crippen molar-refractivity contribution in [2.24, 2.45) is 5.73 Å². The molecule has 1 aromatic heterocycles. The van der Waals surface area contributed by atoms with Gasteiger partial charge in [-0.15, -0.1) is 0 Å². The van der Waals surface area contributed by atoms with Crippen LogP contribution in [0.15, 0.2) is 36.4 Å². The molecule has 0 unspecified atom stereocenters. The normalized spacial score (nSPS) is 10.3. The maximum absolute atomic E-state index is 5.86. The Morgan fingerprint density at radius 2 is 1.85 bits per heavy atom. The summed E-state index contributed by atoms with van der Waals surface area (Å²) in [6.45, 7) is 5.07. The van der Waals surface area contributed by atoms with Crippen LogP contribution in [0.2, 0.25) is 0 Å². The van der Waals surface area contributed by atoms with Crippen molar-refractivity contribution < 1.29 is 9.47 Å². The maximum atomic E-state index is 5.86. The van der Waals surface area contributed by atoms with Gasteiger partial charge in [-0.3, -0.25) is 0 Å². The monoisotopic (exact) mass is 272 g/mol. The molecular weight excluding hydrogens is 252 g/mol. The molecule has 0 spiro atoms. The maximum Gasteiger partial charge on any atom is 0.219 e. The van der Waals surface area contributed by atoms with E-state index in [0.29, 0.717) is 30.5 Å². The Morgan fingerprint density at radius 3 is 2.50 bits per heavy atom. The predicted molar refractivity (Wildman–Crippen MR) is 79.2 cm³/mol. The van der Waals surface area contributed by atoms with Crippen LogP contribution in [0.25, 0.3) is 0 Å². The number of aromatic nitrogens is 1. The fourth-order valence-electron chi connectivity index (χ4n) is 1.89. The number of pyridine rings is 1. The molecule has 1 heterocycles. The van der Waals surface area contributed by atoms with Crippen LogP contribution in [0.4, 0.5) is 0 Å². The van der Waals surface area contributed by atoms with Crippen LogP contribution in [-0.2, 0) is 13.0 Å². The van der Waals surface area contributed by atoms with Crippen molar-refractivity contribution in [3.8, 4) is 17.4 Å². The smallest absolute Gasteiger partial charge is 0.219 e. The predicted octanol–water partition coefficient (Wildman–Crippen LogP) is 3.29. The summed E-state index contributed by atoms with van der Waals surface area (Å²) in [5.41, 5.74) is 7.69. The van der Waals surface area contributed by atoms with E-state index in [4.69, 9.17) is 15.2 Å². The second kappa shape index (κ2) is 6.91. The highest BCUT2D eigenvalue weighted by atomic mass is 16.5. The first-order chi connectivity index (χ1) is 9.76. The molecule has 4 heteroatoms. The minimum absolute atomic E-state index is 0.471. The van der Waals surface area contributed by atoms with E-state index in [2.05, 4.69) is 11.9 Å². The van der Waals surface area contributed by atoms with E-state index in [-0.39, 0.29) is 0 Å². The summed E-state index contributed by atoms with van der Waals surface area (Å²) in [4.78, 5) is 4.46. The average Bonchev–Trinajstić information content (AvgIpc) is 2.49. The van der Waals surface area contributed by atoms with Gasteiger partial charge in [-0.1, -0.05) is 19.1 Å². The van der Waals surface area contributed by atoms with Crippen molar-refractivity contribution in [1.29, 1.82) is 0 Å². The minimum atomic E-state index is 0.471. The van der Waals surface area contributed by atoms with Gasteiger partial charge >= 0.3 is 0 Å². The van der Waals surface area contributed by atoms with Crippen LogP contribution in [0.3, 0.4) is 0 Å². The Morgan fingerprint density at radius 1 is 1.10 bits per heavy atom. The van der Waals surface area contributed by atoms with Crippen molar-refractivity contribution in [1.82, 2.24) is 4.98 Å². The summed E-state index contributed by atoms with van der Waals surface area (Å²) in [6, 6.07) is 11.4. The van der Waals surface area contributed by atoms with E-state index < -0.39 is 0 Å². The molecule has 20 heavy (non-hydrogen) atoms. The van der Waals surface area contributed by atoms with Crippen molar-refractivity contribution in [2.75, 3.05) is 6.61 Å². The molecule has 0 aliphatic heterocycles. The first-order valence-corrected chi connectivity index (χ1v) is 6.86. The van der Waals surface area contributed by atoms with Gasteiger partial charge in [0.25, 0.3) is 0 Å². The molecule has 0 atom stereocenters. The fourth-order valence-corrected chi connectivity index (χ4v) is 1.89. The van der Waals surface area contributed by atoms with Crippen LogP contribution < -0.4 is 15.2 Å². The molecule has 2 rings (SSSR count). The average molecular weight is 272 g/mol. The van der Waals surface area contributed by atoms with Gasteiger partial charge < -0.3 is 15.2 Å². The summed E-state index contributed by atoms with van der Waals surface area (Å²) in [6.07, 6.45) is 0.845. The van der Waals surface area contributed by atoms with Crippen LogP contribution >= 0.6 is 0 Å². The lowest BCUT2D eigenvalue weighted by Gasteiger charge is -2.12. The Balaban J connectivity index is 2.29. The summed E-state index contributed by atoms with van der Waals surface area (Å²) in [7, 11) is 0. The molecule has 0 radical (unpaired) electrons. The zero-order valence-electron chi connectivity index (χ0n) is 11.9. The first-order valence-electron chi connectivity index (χ1n) is 6.86. The number of aryl methyl sites for hydroxylation is 1. The highest BCUT2D eigenvalue weighted by molar-refractivity contribution is 5.42. The lowest BCUT2D eigenvalue weighted by atomic mass is 10.2. The van der Waals surface area contributed by atoms with E-state index in [1.165, 1.54) is 0 Å². The number of rotatable bonds is 6. The summed E-state index contributed by atoms with van der Waals surface area (Å²) in [5, 5.41) is 0.